The van der Waals surface area contributed by atoms with Crippen molar-refractivity contribution < 1.29 is 14.3 Å². The Kier molecular flexibility index (Phi) is 9.47. The van der Waals surface area contributed by atoms with Crippen LogP contribution in [0.1, 0.15) is 41.2 Å². The Morgan fingerprint density at radius 1 is 0.914 bits per heavy atom. The summed E-state index contributed by atoms with van der Waals surface area (Å²) in [7, 11) is 0. The van der Waals surface area contributed by atoms with Gasteiger partial charge in [-0.3, -0.25) is 9.59 Å². The number of ether oxygens (including phenoxy) is 1. The van der Waals surface area contributed by atoms with Crippen LogP contribution in [0.4, 0.5) is 0 Å². The maximum atomic E-state index is 13.6. The van der Waals surface area contributed by atoms with Gasteiger partial charge in [0.2, 0.25) is 5.91 Å². The second-order valence-electron chi connectivity index (χ2n) is 8.99. The average molecular weight is 473 g/mol. The van der Waals surface area contributed by atoms with Crippen molar-refractivity contribution in [3.05, 3.63) is 101 Å². The van der Waals surface area contributed by atoms with E-state index in [0.29, 0.717) is 25.3 Å². The number of carbonyl (C=O) groups is 2. The normalized spacial score (nSPS) is 11.5. The SMILES string of the molecule is CCCNC(=O)[C@@H](Cc1ccccc1)N(Cc1cccc(C)c1)C(=O)COc1cccc(C)c1C. The van der Waals surface area contributed by atoms with E-state index in [0.717, 1.165) is 34.2 Å². The first-order chi connectivity index (χ1) is 16.9. The van der Waals surface area contributed by atoms with E-state index in [-0.39, 0.29) is 18.4 Å². The molecule has 5 heteroatoms. The summed E-state index contributed by atoms with van der Waals surface area (Å²) < 4.78 is 5.96. The van der Waals surface area contributed by atoms with E-state index < -0.39 is 6.04 Å². The van der Waals surface area contributed by atoms with E-state index in [2.05, 4.69) is 11.4 Å². The van der Waals surface area contributed by atoms with E-state index in [9.17, 15) is 9.59 Å². The summed E-state index contributed by atoms with van der Waals surface area (Å²) in [6.45, 7) is 8.79. The van der Waals surface area contributed by atoms with Crippen molar-refractivity contribution in [1.82, 2.24) is 10.2 Å². The van der Waals surface area contributed by atoms with Crippen LogP contribution in [0.3, 0.4) is 0 Å². The van der Waals surface area contributed by atoms with Crippen molar-refractivity contribution in [3.63, 3.8) is 0 Å². The van der Waals surface area contributed by atoms with E-state index >= 15 is 0 Å². The molecular formula is C30H36N2O3. The number of amides is 2. The number of nitrogens with zero attached hydrogens (tertiary/aromatic N) is 1. The number of hydrogen-bond donors (Lipinski definition) is 1. The molecule has 5 nitrogen and oxygen atoms in total. The molecule has 3 aromatic carbocycles. The standard InChI is InChI=1S/C30H36N2O3/c1-5-17-31-30(34)27(19-25-13-7-6-8-14-25)32(20-26-15-9-11-22(2)18-26)29(33)21-35-28-16-10-12-23(3)24(28)4/h6-16,18,27H,5,17,19-21H2,1-4H3,(H,31,34)/t27-/m1/s1. The fourth-order valence-electron chi connectivity index (χ4n) is 4.03. The zero-order valence-electron chi connectivity index (χ0n) is 21.2. The Morgan fingerprint density at radius 2 is 1.63 bits per heavy atom. The topological polar surface area (TPSA) is 58.6 Å². The highest BCUT2D eigenvalue weighted by Gasteiger charge is 2.30. The molecule has 2 amide bonds. The first-order valence-corrected chi connectivity index (χ1v) is 12.2. The minimum absolute atomic E-state index is 0.136. The number of rotatable bonds is 11. The van der Waals surface area contributed by atoms with Crippen molar-refractivity contribution in [2.75, 3.05) is 13.2 Å². The fraction of sp³-hybridized carbons (Fsp3) is 0.333. The van der Waals surface area contributed by atoms with Gasteiger partial charge in [-0.05, 0) is 55.5 Å². The van der Waals surface area contributed by atoms with Crippen LogP contribution < -0.4 is 10.1 Å². The highest BCUT2D eigenvalue weighted by Crippen LogP contribution is 2.21. The molecule has 0 bridgehead atoms. The lowest BCUT2D eigenvalue weighted by atomic mass is 10.0. The van der Waals surface area contributed by atoms with Crippen LogP contribution >= 0.6 is 0 Å². The first kappa shape index (κ1) is 26.0. The molecule has 3 rings (SSSR count). The predicted octanol–water partition coefficient (Wildman–Crippen LogP) is 5.16. The quantitative estimate of drug-likeness (QED) is 0.420. The molecule has 1 N–H and O–H groups in total. The second-order valence-corrected chi connectivity index (χ2v) is 8.99. The molecule has 0 saturated heterocycles. The van der Waals surface area contributed by atoms with Gasteiger partial charge in [0.05, 0.1) is 0 Å². The molecule has 0 radical (unpaired) electrons. The zero-order chi connectivity index (χ0) is 25.2. The molecule has 184 valence electrons. The largest absolute Gasteiger partial charge is 0.483 e. The molecule has 1 atom stereocenters. The third kappa shape index (κ3) is 7.44. The van der Waals surface area contributed by atoms with Crippen LogP contribution in [-0.2, 0) is 22.6 Å². The van der Waals surface area contributed by atoms with Crippen molar-refractivity contribution in [2.45, 2.75) is 53.1 Å². The van der Waals surface area contributed by atoms with Gasteiger partial charge in [-0.25, -0.2) is 0 Å². The van der Waals surface area contributed by atoms with Crippen LogP contribution in [0.25, 0.3) is 0 Å². The molecule has 35 heavy (non-hydrogen) atoms. The number of benzene rings is 3. The average Bonchev–Trinajstić information content (AvgIpc) is 2.86. The number of nitrogens with one attached hydrogen (secondary N) is 1. The fourth-order valence-corrected chi connectivity index (χ4v) is 4.03. The summed E-state index contributed by atoms with van der Waals surface area (Å²) in [4.78, 5) is 28.6. The van der Waals surface area contributed by atoms with Gasteiger partial charge >= 0.3 is 0 Å². The lowest BCUT2D eigenvalue weighted by molar-refractivity contribution is -0.142. The third-order valence-electron chi connectivity index (χ3n) is 6.16. The summed E-state index contributed by atoms with van der Waals surface area (Å²) in [5, 5.41) is 3.00. The first-order valence-electron chi connectivity index (χ1n) is 12.2. The Labute approximate surface area is 209 Å². The molecule has 0 spiro atoms. The summed E-state index contributed by atoms with van der Waals surface area (Å²) in [5.41, 5.74) is 5.20. The molecule has 0 saturated carbocycles. The lowest BCUT2D eigenvalue weighted by Gasteiger charge is -2.31. The molecule has 0 aliphatic carbocycles. The van der Waals surface area contributed by atoms with Gasteiger partial charge in [-0.1, -0.05) is 79.2 Å². The Bertz CT molecular complexity index is 1130. The minimum atomic E-state index is -0.654. The van der Waals surface area contributed by atoms with Crippen molar-refractivity contribution in [2.24, 2.45) is 0 Å². The minimum Gasteiger partial charge on any atom is -0.483 e. The highest BCUT2D eigenvalue weighted by molar-refractivity contribution is 5.88. The van der Waals surface area contributed by atoms with Gasteiger partial charge < -0.3 is 15.0 Å². The van der Waals surface area contributed by atoms with E-state index in [1.807, 2.05) is 94.4 Å². The van der Waals surface area contributed by atoms with Crippen molar-refractivity contribution >= 4 is 11.8 Å². The Balaban J connectivity index is 1.91. The molecule has 0 aromatic heterocycles. The predicted molar refractivity (Wildman–Crippen MR) is 140 cm³/mol. The number of hydrogen-bond acceptors (Lipinski definition) is 3. The van der Waals surface area contributed by atoms with Crippen LogP contribution in [-0.4, -0.2) is 35.9 Å². The van der Waals surface area contributed by atoms with Crippen LogP contribution in [0.15, 0.2) is 72.8 Å². The van der Waals surface area contributed by atoms with Crippen LogP contribution in [0, 0.1) is 20.8 Å². The Hall–Kier alpha value is -3.60. The summed E-state index contributed by atoms with van der Waals surface area (Å²) >= 11 is 0. The van der Waals surface area contributed by atoms with Gasteiger partial charge in [-0.2, -0.15) is 0 Å². The smallest absolute Gasteiger partial charge is 0.261 e. The monoisotopic (exact) mass is 472 g/mol. The molecule has 3 aromatic rings. The van der Waals surface area contributed by atoms with Crippen LogP contribution in [0.2, 0.25) is 0 Å². The zero-order valence-corrected chi connectivity index (χ0v) is 21.2. The number of aryl methyl sites for hydroxylation is 2. The molecule has 0 aliphatic rings. The summed E-state index contributed by atoms with van der Waals surface area (Å²) in [6, 6.07) is 23.0. The van der Waals surface area contributed by atoms with Gasteiger partial charge in [-0.15, -0.1) is 0 Å². The van der Waals surface area contributed by atoms with Gasteiger partial charge in [0.25, 0.3) is 5.91 Å². The molecular weight excluding hydrogens is 436 g/mol. The number of carbonyl (C=O) groups excluding carboxylic acids is 2. The molecule has 0 aliphatic heterocycles. The molecule has 0 unspecified atom stereocenters. The van der Waals surface area contributed by atoms with E-state index in [1.165, 1.54) is 0 Å². The maximum absolute atomic E-state index is 13.6. The lowest BCUT2D eigenvalue weighted by Crippen LogP contribution is -2.51. The highest BCUT2D eigenvalue weighted by atomic mass is 16.5. The van der Waals surface area contributed by atoms with Gasteiger partial charge in [0, 0.05) is 19.5 Å². The summed E-state index contributed by atoms with van der Waals surface area (Å²) in [5.74, 6) is 0.312. The van der Waals surface area contributed by atoms with E-state index in [1.54, 1.807) is 4.90 Å². The van der Waals surface area contributed by atoms with Gasteiger partial charge in [0.1, 0.15) is 11.8 Å². The van der Waals surface area contributed by atoms with E-state index in [4.69, 9.17) is 4.74 Å². The molecule has 0 fully saturated rings. The van der Waals surface area contributed by atoms with Crippen molar-refractivity contribution in [1.29, 1.82) is 0 Å². The Morgan fingerprint density at radius 3 is 2.34 bits per heavy atom. The maximum Gasteiger partial charge on any atom is 0.261 e. The van der Waals surface area contributed by atoms with Gasteiger partial charge in [0.15, 0.2) is 6.61 Å². The summed E-state index contributed by atoms with van der Waals surface area (Å²) in [6.07, 6.45) is 1.25. The molecule has 0 heterocycles. The third-order valence-corrected chi connectivity index (χ3v) is 6.16. The van der Waals surface area contributed by atoms with Crippen LogP contribution in [0.5, 0.6) is 5.75 Å². The van der Waals surface area contributed by atoms with Crippen molar-refractivity contribution in [3.8, 4) is 5.75 Å². The second kappa shape index (κ2) is 12.7.